The van der Waals surface area contributed by atoms with Crippen LogP contribution in [-0.2, 0) is 11.3 Å². The van der Waals surface area contributed by atoms with Crippen molar-refractivity contribution in [1.82, 2.24) is 4.90 Å². The van der Waals surface area contributed by atoms with Crippen LogP contribution >= 0.6 is 0 Å². The molecule has 0 aliphatic carbocycles. The second-order valence-electron chi connectivity index (χ2n) is 5.96. The molecule has 0 bridgehead atoms. The maximum Gasteiger partial charge on any atom is 0.203 e. The van der Waals surface area contributed by atoms with Gasteiger partial charge in [0.1, 0.15) is 0 Å². The Balaban J connectivity index is 1.98. The molecule has 0 N–H and O–H groups in total. The quantitative estimate of drug-likeness (QED) is 0.805. The molecule has 0 spiro atoms. The predicted octanol–water partition coefficient (Wildman–Crippen LogP) is 3.21. The third-order valence-electron chi connectivity index (χ3n) is 4.49. The molecule has 1 heterocycles. The first-order valence-corrected chi connectivity index (χ1v) is 8.45. The van der Waals surface area contributed by atoms with E-state index in [1.807, 2.05) is 12.1 Å². The SMILES string of the molecule is COc1cc(-c2ccccc2CN2CCOCC2)cc(OC)c1OC. The lowest BCUT2D eigenvalue weighted by molar-refractivity contribution is 0.0342. The Morgan fingerprint density at radius 3 is 2.16 bits per heavy atom. The van der Waals surface area contributed by atoms with Gasteiger partial charge in [-0.1, -0.05) is 24.3 Å². The molecular weight excluding hydrogens is 318 g/mol. The zero-order valence-electron chi connectivity index (χ0n) is 15.1. The number of ether oxygens (including phenoxy) is 4. The summed E-state index contributed by atoms with van der Waals surface area (Å²) in [6.45, 7) is 4.42. The molecule has 25 heavy (non-hydrogen) atoms. The molecule has 5 nitrogen and oxygen atoms in total. The van der Waals surface area contributed by atoms with E-state index in [1.165, 1.54) is 11.1 Å². The van der Waals surface area contributed by atoms with Crippen molar-refractivity contribution < 1.29 is 18.9 Å². The van der Waals surface area contributed by atoms with E-state index in [9.17, 15) is 0 Å². The highest BCUT2D eigenvalue weighted by molar-refractivity contribution is 5.73. The van der Waals surface area contributed by atoms with E-state index < -0.39 is 0 Å². The van der Waals surface area contributed by atoms with Crippen molar-refractivity contribution >= 4 is 0 Å². The molecule has 0 atom stereocenters. The molecular formula is C20H25NO4. The lowest BCUT2D eigenvalue weighted by Gasteiger charge is -2.27. The van der Waals surface area contributed by atoms with Crippen LogP contribution in [0.15, 0.2) is 36.4 Å². The lowest BCUT2D eigenvalue weighted by atomic mass is 9.98. The summed E-state index contributed by atoms with van der Waals surface area (Å²) in [5, 5.41) is 0. The first-order chi connectivity index (χ1) is 12.3. The third-order valence-corrected chi connectivity index (χ3v) is 4.49. The summed E-state index contributed by atoms with van der Waals surface area (Å²) < 4.78 is 21.9. The van der Waals surface area contributed by atoms with Gasteiger partial charge >= 0.3 is 0 Å². The summed E-state index contributed by atoms with van der Waals surface area (Å²) in [4.78, 5) is 2.42. The molecule has 5 heteroatoms. The van der Waals surface area contributed by atoms with E-state index in [-0.39, 0.29) is 0 Å². The molecule has 0 radical (unpaired) electrons. The van der Waals surface area contributed by atoms with Crippen molar-refractivity contribution in [3.8, 4) is 28.4 Å². The van der Waals surface area contributed by atoms with Crippen LogP contribution in [0.5, 0.6) is 17.2 Å². The lowest BCUT2D eigenvalue weighted by Crippen LogP contribution is -2.35. The highest BCUT2D eigenvalue weighted by atomic mass is 16.5. The summed E-state index contributed by atoms with van der Waals surface area (Å²) in [5.74, 6) is 1.94. The van der Waals surface area contributed by atoms with Gasteiger partial charge in [0.15, 0.2) is 11.5 Å². The van der Waals surface area contributed by atoms with Crippen LogP contribution in [0.2, 0.25) is 0 Å². The largest absolute Gasteiger partial charge is 0.493 e. The van der Waals surface area contributed by atoms with E-state index in [4.69, 9.17) is 18.9 Å². The molecule has 1 fully saturated rings. The summed E-state index contributed by atoms with van der Waals surface area (Å²) in [6.07, 6.45) is 0. The highest BCUT2D eigenvalue weighted by Gasteiger charge is 2.17. The van der Waals surface area contributed by atoms with Crippen LogP contribution < -0.4 is 14.2 Å². The maximum atomic E-state index is 5.50. The Morgan fingerprint density at radius 2 is 1.56 bits per heavy atom. The van der Waals surface area contributed by atoms with Gasteiger partial charge < -0.3 is 18.9 Å². The van der Waals surface area contributed by atoms with E-state index >= 15 is 0 Å². The van der Waals surface area contributed by atoms with Gasteiger partial charge in [0.2, 0.25) is 5.75 Å². The molecule has 1 saturated heterocycles. The number of benzene rings is 2. The number of hydrogen-bond donors (Lipinski definition) is 0. The molecule has 3 rings (SSSR count). The van der Waals surface area contributed by atoms with E-state index in [0.717, 1.165) is 38.4 Å². The molecule has 1 aliphatic rings. The van der Waals surface area contributed by atoms with Crippen molar-refractivity contribution in [2.75, 3.05) is 47.6 Å². The summed E-state index contributed by atoms with van der Waals surface area (Å²) >= 11 is 0. The average molecular weight is 343 g/mol. The molecule has 0 aromatic heterocycles. The Bertz CT molecular complexity index is 686. The van der Waals surface area contributed by atoms with Gasteiger partial charge in [0, 0.05) is 19.6 Å². The first kappa shape index (κ1) is 17.6. The van der Waals surface area contributed by atoms with Gasteiger partial charge in [-0.05, 0) is 28.8 Å². The normalized spacial score (nSPS) is 15.0. The number of rotatable bonds is 6. The number of hydrogen-bond acceptors (Lipinski definition) is 5. The minimum atomic E-state index is 0.611. The third kappa shape index (κ3) is 3.89. The van der Waals surface area contributed by atoms with Gasteiger partial charge in [-0.15, -0.1) is 0 Å². The van der Waals surface area contributed by atoms with Gasteiger partial charge in [0.25, 0.3) is 0 Å². The zero-order chi connectivity index (χ0) is 17.6. The minimum Gasteiger partial charge on any atom is -0.493 e. The van der Waals surface area contributed by atoms with Crippen molar-refractivity contribution in [1.29, 1.82) is 0 Å². The molecule has 0 unspecified atom stereocenters. The summed E-state index contributed by atoms with van der Waals surface area (Å²) in [5.41, 5.74) is 3.50. The molecule has 2 aromatic rings. The van der Waals surface area contributed by atoms with E-state index in [1.54, 1.807) is 21.3 Å². The van der Waals surface area contributed by atoms with Gasteiger partial charge in [-0.25, -0.2) is 0 Å². The summed E-state index contributed by atoms with van der Waals surface area (Å²) in [7, 11) is 4.90. The second-order valence-corrected chi connectivity index (χ2v) is 5.96. The minimum absolute atomic E-state index is 0.611. The van der Waals surface area contributed by atoms with Crippen LogP contribution in [0.4, 0.5) is 0 Å². The predicted molar refractivity (Wildman–Crippen MR) is 97.6 cm³/mol. The fourth-order valence-electron chi connectivity index (χ4n) is 3.18. The Hall–Kier alpha value is -2.24. The van der Waals surface area contributed by atoms with Crippen LogP contribution in [0, 0.1) is 0 Å². The Kier molecular flexibility index (Phi) is 5.79. The van der Waals surface area contributed by atoms with Gasteiger partial charge in [-0.2, -0.15) is 0 Å². The van der Waals surface area contributed by atoms with Crippen LogP contribution in [0.3, 0.4) is 0 Å². The van der Waals surface area contributed by atoms with Crippen molar-refractivity contribution in [3.63, 3.8) is 0 Å². The smallest absolute Gasteiger partial charge is 0.203 e. The van der Waals surface area contributed by atoms with Gasteiger partial charge in [-0.3, -0.25) is 4.90 Å². The van der Waals surface area contributed by atoms with Gasteiger partial charge in [0.05, 0.1) is 34.5 Å². The molecule has 0 amide bonds. The van der Waals surface area contributed by atoms with Crippen LogP contribution in [0.1, 0.15) is 5.56 Å². The first-order valence-electron chi connectivity index (χ1n) is 8.45. The number of nitrogens with zero attached hydrogens (tertiary/aromatic N) is 1. The van der Waals surface area contributed by atoms with E-state index in [2.05, 4.69) is 29.2 Å². The topological polar surface area (TPSA) is 40.2 Å². The molecule has 2 aromatic carbocycles. The fourth-order valence-corrected chi connectivity index (χ4v) is 3.18. The maximum absolute atomic E-state index is 5.50. The van der Waals surface area contributed by atoms with Crippen molar-refractivity contribution in [2.24, 2.45) is 0 Å². The zero-order valence-corrected chi connectivity index (χ0v) is 15.1. The monoisotopic (exact) mass is 343 g/mol. The molecule has 1 aliphatic heterocycles. The molecule has 134 valence electrons. The Morgan fingerprint density at radius 1 is 0.920 bits per heavy atom. The van der Waals surface area contributed by atoms with Crippen LogP contribution in [0.25, 0.3) is 11.1 Å². The number of methoxy groups -OCH3 is 3. The standard InChI is InChI=1S/C20H25NO4/c1-22-18-12-16(13-19(23-2)20(18)24-3)17-7-5-4-6-15(17)14-21-8-10-25-11-9-21/h4-7,12-13H,8-11,14H2,1-3H3. The fraction of sp³-hybridized carbons (Fsp3) is 0.400. The average Bonchev–Trinajstić information content (AvgIpc) is 2.68. The van der Waals surface area contributed by atoms with Crippen LogP contribution in [-0.4, -0.2) is 52.5 Å². The van der Waals surface area contributed by atoms with Crippen molar-refractivity contribution in [3.05, 3.63) is 42.0 Å². The van der Waals surface area contributed by atoms with Crippen molar-refractivity contribution in [2.45, 2.75) is 6.54 Å². The van der Waals surface area contributed by atoms with E-state index in [0.29, 0.717) is 17.2 Å². The molecule has 0 saturated carbocycles. The highest BCUT2D eigenvalue weighted by Crippen LogP contribution is 2.41. The number of morpholine rings is 1. The second kappa shape index (κ2) is 8.23. The Labute approximate surface area is 149 Å². The summed E-state index contributed by atoms with van der Waals surface area (Å²) in [6, 6.07) is 12.4.